The molecule has 20 heavy (non-hydrogen) atoms. The molecule has 0 radical (unpaired) electrons. The summed E-state index contributed by atoms with van der Waals surface area (Å²) in [6.45, 7) is 6.52. The number of aryl methyl sites for hydroxylation is 1. The second-order valence-corrected chi connectivity index (χ2v) is 4.56. The summed E-state index contributed by atoms with van der Waals surface area (Å²) >= 11 is 0. The number of esters is 1. The van der Waals surface area contributed by atoms with E-state index >= 15 is 0 Å². The number of nitrogen functional groups attached to an aromatic ring is 1. The zero-order valence-corrected chi connectivity index (χ0v) is 11.9. The minimum Gasteiger partial charge on any atom is -0.461 e. The van der Waals surface area contributed by atoms with E-state index in [1.165, 1.54) is 0 Å². The van der Waals surface area contributed by atoms with Crippen LogP contribution in [0, 0.1) is 6.92 Å². The van der Waals surface area contributed by atoms with Crippen LogP contribution in [0.3, 0.4) is 0 Å². The standard InChI is InChI=1S/C13H19N5O2/c1-4-20-13(19)11-12(14)18(10(3)16-11)9(2)8-17-7-5-6-15-17/h5-7,9H,4,8,14H2,1-3H3. The molecule has 0 aromatic carbocycles. The highest BCUT2D eigenvalue weighted by atomic mass is 16.5. The molecule has 108 valence electrons. The van der Waals surface area contributed by atoms with Crippen LogP contribution in [0.25, 0.3) is 0 Å². The summed E-state index contributed by atoms with van der Waals surface area (Å²) in [6, 6.07) is 1.89. The second kappa shape index (κ2) is 5.77. The lowest BCUT2D eigenvalue weighted by molar-refractivity contribution is 0.0521. The third kappa shape index (κ3) is 2.66. The van der Waals surface area contributed by atoms with Crippen LogP contribution in [0.1, 0.15) is 36.2 Å². The van der Waals surface area contributed by atoms with Gasteiger partial charge in [-0.25, -0.2) is 9.78 Å². The van der Waals surface area contributed by atoms with Gasteiger partial charge in [0.2, 0.25) is 0 Å². The highest BCUT2D eigenvalue weighted by Gasteiger charge is 2.22. The number of rotatable bonds is 5. The lowest BCUT2D eigenvalue weighted by Crippen LogP contribution is -2.17. The summed E-state index contributed by atoms with van der Waals surface area (Å²) in [4.78, 5) is 16.0. The molecule has 0 fully saturated rings. The van der Waals surface area contributed by atoms with Crippen molar-refractivity contribution in [1.29, 1.82) is 0 Å². The SMILES string of the molecule is CCOC(=O)c1nc(C)n(C(C)Cn2cccn2)c1N. The summed E-state index contributed by atoms with van der Waals surface area (Å²) in [5.41, 5.74) is 6.21. The molecule has 2 rings (SSSR count). The van der Waals surface area contributed by atoms with Gasteiger partial charge >= 0.3 is 5.97 Å². The second-order valence-electron chi connectivity index (χ2n) is 4.56. The minimum atomic E-state index is -0.488. The van der Waals surface area contributed by atoms with E-state index in [0.717, 1.165) is 0 Å². The summed E-state index contributed by atoms with van der Waals surface area (Å²) < 4.78 is 8.59. The molecule has 1 atom stereocenters. The summed E-state index contributed by atoms with van der Waals surface area (Å²) in [5.74, 6) is 0.531. The molecule has 2 aromatic rings. The Labute approximate surface area is 117 Å². The fourth-order valence-corrected chi connectivity index (χ4v) is 2.23. The van der Waals surface area contributed by atoms with E-state index in [2.05, 4.69) is 10.1 Å². The first-order valence-electron chi connectivity index (χ1n) is 6.53. The molecular weight excluding hydrogens is 258 g/mol. The number of carbonyl (C=O) groups excluding carboxylic acids is 1. The Hall–Kier alpha value is -2.31. The number of imidazole rings is 1. The van der Waals surface area contributed by atoms with Crippen LogP contribution in [0.5, 0.6) is 0 Å². The van der Waals surface area contributed by atoms with Crippen molar-refractivity contribution in [2.24, 2.45) is 0 Å². The van der Waals surface area contributed by atoms with Crippen LogP contribution < -0.4 is 5.73 Å². The molecule has 0 saturated carbocycles. The van der Waals surface area contributed by atoms with Gasteiger partial charge in [0.15, 0.2) is 5.69 Å². The van der Waals surface area contributed by atoms with Gasteiger partial charge in [-0.1, -0.05) is 0 Å². The number of hydrogen-bond donors (Lipinski definition) is 1. The van der Waals surface area contributed by atoms with Crippen molar-refractivity contribution in [2.75, 3.05) is 12.3 Å². The number of carbonyl (C=O) groups is 1. The summed E-state index contributed by atoms with van der Waals surface area (Å²) in [7, 11) is 0. The normalized spacial score (nSPS) is 12.3. The predicted octanol–water partition coefficient (Wildman–Crippen LogP) is 1.41. The Kier molecular flexibility index (Phi) is 4.07. The van der Waals surface area contributed by atoms with Crippen molar-refractivity contribution in [2.45, 2.75) is 33.4 Å². The van der Waals surface area contributed by atoms with Crippen LogP contribution in [0.2, 0.25) is 0 Å². The monoisotopic (exact) mass is 277 g/mol. The maximum absolute atomic E-state index is 11.8. The van der Waals surface area contributed by atoms with Gasteiger partial charge in [-0.15, -0.1) is 0 Å². The maximum atomic E-state index is 11.8. The third-order valence-electron chi connectivity index (χ3n) is 3.04. The lowest BCUT2D eigenvalue weighted by Gasteiger charge is -2.17. The smallest absolute Gasteiger partial charge is 0.360 e. The first-order valence-corrected chi connectivity index (χ1v) is 6.53. The summed E-state index contributed by atoms with van der Waals surface area (Å²) in [5, 5.41) is 4.16. The number of nitrogens with zero attached hydrogens (tertiary/aromatic N) is 4. The highest BCUT2D eigenvalue weighted by Crippen LogP contribution is 2.21. The number of hydrogen-bond acceptors (Lipinski definition) is 5. The van der Waals surface area contributed by atoms with Gasteiger partial charge < -0.3 is 15.0 Å². The van der Waals surface area contributed by atoms with Gasteiger partial charge in [-0.2, -0.15) is 5.10 Å². The largest absolute Gasteiger partial charge is 0.461 e. The minimum absolute atomic E-state index is 0.0329. The van der Waals surface area contributed by atoms with Gasteiger partial charge in [0, 0.05) is 12.4 Å². The van der Waals surface area contributed by atoms with Gasteiger partial charge in [0.05, 0.1) is 19.2 Å². The van der Waals surface area contributed by atoms with Crippen molar-refractivity contribution in [3.8, 4) is 0 Å². The number of anilines is 1. The van der Waals surface area contributed by atoms with Gasteiger partial charge in [-0.05, 0) is 26.8 Å². The highest BCUT2D eigenvalue weighted by molar-refractivity contribution is 5.92. The fourth-order valence-electron chi connectivity index (χ4n) is 2.23. The van der Waals surface area contributed by atoms with E-state index in [-0.39, 0.29) is 11.7 Å². The van der Waals surface area contributed by atoms with Crippen LogP contribution in [-0.2, 0) is 11.3 Å². The molecule has 0 aliphatic heterocycles. The van der Waals surface area contributed by atoms with E-state index in [4.69, 9.17) is 10.5 Å². The molecule has 0 amide bonds. The molecule has 0 spiro atoms. The van der Waals surface area contributed by atoms with E-state index in [1.54, 1.807) is 13.1 Å². The number of ether oxygens (including phenoxy) is 1. The zero-order chi connectivity index (χ0) is 14.7. The lowest BCUT2D eigenvalue weighted by atomic mass is 10.3. The van der Waals surface area contributed by atoms with Crippen molar-refractivity contribution in [3.63, 3.8) is 0 Å². The van der Waals surface area contributed by atoms with Crippen molar-refractivity contribution in [1.82, 2.24) is 19.3 Å². The first-order chi connectivity index (χ1) is 9.54. The Morgan fingerprint density at radius 1 is 1.55 bits per heavy atom. The van der Waals surface area contributed by atoms with Gasteiger partial charge in [0.25, 0.3) is 0 Å². The topological polar surface area (TPSA) is 88.0 Å². The van der Waals surface area contributed by atoms with Crippen LogP contribution in [0.15, 0.2) is 18.5 Å². The Bertz CT molecular complexity index is 588. The quantitative estimate of drug-likeness (QED) is 0.835. The summed E-state index contributed by atoms with van der Waals surface area (Å²) in [6.07, 6.45) is 3.60. The molecule has 7 heteroatoms. The van der Waals surface area contributed by atoms with E-state index in [0.29, 0.717) is 24.8 Å². The third-order valence-corrected chi connectivity index (χ3v) is 3.04. The molecule has 7 nitrogen and oxygen atoms in total. The van der Waals surface area contributed by atoms with Gasteiger partial charge in [0.1, 0.15) is 11.6 Å². The molecule has 2 N–H and O–H groups in total. The van der Waals surface area contributed by atoms with E-state index < -0.39 is 5.97 Å². The predicted molar refractivity (Wildman–Crippen MR) is 74.3 cm³/mol. The number of aromatic nitrogens is 4. The number of nitrogens with two attached hydrogens (primary N) is 1. The van der Waals surface area contributed by atoms with Crippen LogP contribution in [-0.4, -0.2) is 31.9 Å². The molecule has 2 heterocycles. The van der Waals surface area contributed by atoms with Gasteiger partial charge in [-0.3, -0.25) is 4.68 Å². The molecule has 0 aliphatic carbocycles. The van der Waals surface area contributed by atoms with Crippen molar-refractivity contribution < 1.29 is 9.53 Å². The Balaban J connectivity index is 2.25. The van der Waals surface area contributed by atoms with Crippen LogP contribution >= 0.6 is 0 Å². The fraction of sp³-hybridized carbons (Fsp3) is 0.462. The molecule has 2 aromatic heterocycles. The van der Waals surface area contributed by atoms with Crippen LogP contribution in [0.4, 0.5) is 5.82 Å². The molecule has 0 aliphatic rings. The molecule has 0 bridgehead atoms. The van der Waals surface area contributed by atoms with Crippen molar-refractivity contribution in [3.05, 3.63) is 30.0 Å². The maximum Gasteiger partial charge on any atom is 0.360 e. The average Bonchev–Trinajstić information content (AvgIpc) is 2.98. The average molecular weight is 277 g/mol. The van der Waals surface area contributed by atoms with Crippen molar-refractivity contribution >= 4 is 11.8 Å². The molecule has 1 unspecified atom stereocenters. The Morgan fingerprint density at radius 2 is 2.30 bits per heavy atom. The van der Waals surface area contributed by atoms with E-state index in [9.17, 15) is 4.79 Å². The molecule has 0 saturated heterocycles. The Morgan fingerprint density at radius 3 is 2.90 bits per heavy atom. The zero-order valence-electron chi connectivity index (χ0n) is 11.9. The van der Waals surface area contributed by atoms with E-state index in [1.807, 2.05) is 35.4 Å². The molecular formula is C13H19N5O2. The first kappa shape index (κ1) is 14.1.